The highest BCUT2D eigenvalue weighted by molar-refractivity contribution is 7.99. The van der Waals surface area contributed by atoms with Crippen molar-refractivity contribution in [1.29, 1.82) is 0 Å². The zero-order valence-electron chi connectivity index (χ0n) is 13.5. The van der Waals surface area contributed by atoms with Crippen molar-refractivity contribution >= 4 is 35.1 Å². The topological polar surface area (TPSA) is 68.0 Å². The summed E-state index contributed by atoms with van der Waals surface area (Å²) in [5.74, 6) is 1.95. The van der Waals surface area contributed by atoms with Gasteiger partial charge >= 0.3 is 0 Å². The SMILES string of the molecule is CCC(C)c1ccc(NC(=O)CSc2nnc(CSC)o2)cc1. The van der Waals surface area contributed by atoms with Crippen molar-refractivity contribution in [2.45, 2.75) is 37.2 Å². The monoisotopic (exact) mass is 351 g/mol. The molecule has 0 fully saturated rings. The number of amides is 1. The molecular formula is C16H21N3O2S2. The Morgan fingerprint density at radius 1 is 1.30 bits per heavy atom. The summed E-state index contributed by atoms with van der Waals surface area (Å²) in [6, 6.07) is 7.99. The van der Waals surface area contributed by atoms with Gasteiger partial charge in [0.15, 0.2) is 0 Å². The third-order valence-electron chi connectivity index (χ3n) is 3.42. The third-order valence-corrected chi connectivity index (χ3v) is 4.77. The molecule has 2 rings (SSSR count). The molecule has 1 heterocycles. The predicted molar refractivity (Wildman–Crippen MR) is 96.0 cm³/mol. The van der Waals surface area contributed by atoms with Crippen molar-refractivity contribution in [3.8, 4) is 0 Å². The number of nitrogens with zero attached hydrogens (tertiary/aromatic N) is 2. The van der Waals surface area contributed by atoms with Gasteiger partial charge in [-0.25, -0.2) is 0 Å². The maximum Gasteiger partial charge on any atom is 0.277 e. The van der Waals surface area contributed by atoms with Gasteiger partial charge in [-0.05, 0) is 36.3 Å². The minimum atomic E-state index is -0.0871. The molecular weight excluding hydrogens is 330 g/mol. The first kappa shape index (κ1) is 17.9. The molecule has 0 saturated carbocycles. The van der Waals surface area contributed by atoms with E-state index in [2.05, 4.69) is 41.5 Å². The lowest BCUT2D eigenvalue weighted by atomic mass is 9.99. The van der Waals surface area contributed by atoms with Crippen LogP contribution in [-0.4, -0.2) is 28.1 Å². The Bertz CT molecular complexity index is 629. The molecule has 0 aliphatic rings. The second kappa shape index (κ2) is 8.98. The summed E-state index contributed by atoms with van der Waals surface area (Å²) >= 11 is 2.86. The highest BCUT2D eigenvalue weighted by Gasteiger charge is 2.10. The van der Waals surface area contributed by atoms with Gasteiger partial charge in [-0.3, -0.25) is 4.79 Å². The van der Waals surface area contributed by atoms with Crippen molar-refractivity contribution in [2.75, 3.05) is 17.3 Å². The van der Waals surface area contributed by atoms with Crippen LogP contribution in [0.3, 0.4) is 0 Å². The summed E-state index contributed by atoms with van der Waals surface area (Å²) in [5, 5.41) is 11.1. The number of carbonyl (C=O) groups is 1. The van der Waals surface area contributed by atoms with Gasteiger partial charge in [0.2, 0.25) is 11.8 Å². The molecule has 1 atom stereocenters. The van der Waals surface area contributed by atoms with Crippen LogP contribution in [0.1, 0.15) is 37.6 Å². The number of nitrogens with one attached hydrogen (secondary N) is 1. The number of thioether (sulfide) groups is 2. The van der Waals surface area contributed by atoms with E-state index in [1.807, 2.05) is 18.4 Å². The smallest absolute Gasteiger partial charge is 0.277 e. The number of anilines is 1. The van der Waals surface area contributed by atoms with Crippen molar-refractivity contribution in [2.24, 2.45) is 0 Å². The summed E-state index contributed by atoms with van der Waals surface area (Å²) < 4.78 is 5.42. The van der Waals surface area contributed by atoms with Crippen molar-refractivity contribution in [3.63, 3.8) is 0 Å². The lowest BCUT2D eigenvalue weighted by Gasteiger charge is -2.10. The van der Waals surface area contributed by atoms with Gasteiger partial charge in [0.05, 0.1) is 11.5 Å². The van der Waals surface area contributed by atoms with E-state index in [1.165, 1.54) is 17.3 Å². The number of carbonyl (C=O) groups excluding carboxylic acids is 1. The summed E-state index contributed by atoms with van der Waals surface area (Å²) in [4.78, 5) is 12.0. The van der Waals surface area contributed by atoms with Gasteiger partial charge in [0.25, 0.3) is 5.22 Å². The second-order valence-corrected chi connectivity index (χ2v) is 6.96. The Labute approximate surface area is 145 Å². The molecule has 23 heavy (non-hydrogen) atoms. The molecule has 0 radical (unpaired) electrons. The fourth-order valence-electron chi connectivity index (χ4n) is 1.93. The van der Waals surface area contributed by atoms with Gasteiger partial charge in [0.1, 0.15) is 0 Å². The van der Waals surface area contributed by atoms with Crippen LogP contribution >= 0.6 is 23.5 Å². The minimum absolute atomic E-state index is 0.0871. The van der Waals surface area contributed by atoms with E-state index in [0.29, 0.717) is 22.8 Å². The average Bonchev–Trinajstić information content (AvgIpc) is 3.01. The fourth-order valence-corrected chi connectivity index (χ4v) is 2.88. The first-order valence-corrected chi connectivity index (χ1v) is 9.84. The molecule has 1 aromatic carbocycles. The third kappa shape index (κ3) is 5.58. The fraction of sp³-hybridized carbons (Fsp3) is 0.438. The quantitative estimate of drug-likeness (QED) is 0.720. The van der Waals surface area contributed by atoms with E-state index < -0.39 is 0 Å². The van der Waals surface area contributed by atoms with Crippen LogP contribution < -0.4 is 5.32 Å². The molecule has 5 nitrogen and oxygen atoms in total. The van der Waals surface area contributed by atoms with Crippen LogP contribution in [0.25, 0.3) is 0 Å². The maximum atomic E-state index is 12.0. The highest BCUT2D eigenvalue weighted by Crippen LogP contribution is 2.21. The molecule has 7 heteroatoms. The molecule has 1 amide bonds. The van der Waals surface area contributed by atoms with Gasteiger partial charge in [-0.2, -0.15) is 11.8 Å². The van der Waals surface area contributed by atoms with Crippen molar-refractivity contribution in [1.82, 2.24) is 10.2 Å². The molecule has 0 spiro atoms. The van der Waals surface area contributed by atoms with E-state index in [9.17, 15) is 4.79 Å². The Hall–Kier alpha value is -1.47. The summed E-state index contributed by atoms with van der Waals surface area (Å²) in [7, 11) is 0. The van der Waals surface area contributed by atoms with E-state index in [4.69, 9.17) is 4.42 Å². The number of hydrogen-bond acceptors (Lipinski definition) is 6. The lowest BCUT2D eigenvalue weighted by molar-refractivity contribution is -0.113. The van der Waals surface area contributed by atoms with E-state index >= 15 is 0 Å². The zero-order chi connectivity index (χ0) is 16.7. The molecule has 0 bridgehead atoms. The average molecular weight is 351 g/mol. The normalized spacial score (nSPS) is 12.1. The van der Waals surface area contributed by atoms with Crippen molar-refractivity contribution < 1.29 is 9.21 Å². The Morgan fingerprint density at radius 2 is 2.04 bits per heavy atom. The molecule has 1 unspecified atom stereocenters. The molecule has 0 aliphatic heterocycles. The van der Waals surface area contributed by atoms with Crippen LogP contribution in [0.2, 0.25) is 0 Å². The molecule has 1 aromatic heterocycles. The Morgan fingerprint density at radius 3 is 2.70 bits per heavy atom. The largest absolute Gasteiger partial charge is 0.415 e. The molecule has 0 saturated heterocycles. The van der Waals surface area contributed by atoms with Crippen LogP contribution in [0.5, 0.6) is 0 Å². The van der Waals surface area contributed by atoms with E-state index in [1.54, 1.807) is 11.8 Å². The molecule has 2 aromatic rings. The van der Waals surface area contributed by atoms with Gasteiger partial charge in [0, 0.05) is 5.69 Å². The number of aromatic nitrogens is 2. The van der Waals surface area contributed by atoms with Crippen molar-refractivity contribution in [3.05, 3.63) is 35.7 Å². The molecule has 0 aliphatic carbocycles. The van der Waals surface area contributed by atoms with Gasteiger partial charge in [-0.1, -0.05) is 37.7 Å². The van der Waals surface area contributed by atoms with Crippen LogP contribution in [0, 0.1) is 0 Å². The van der Waals surface area contributed by atoms with Crippen LogP contribution in [-0.2, 0) is 10.5 Å². The zero-order valence-corrected chi connectivity index (χ0v) is 15.2. The minimum Gasteiger partial charge on any atom is -0.415 e. The highest BCUT2D eigenvalue weighted by atomic mass is 32.2. The molecule has 124 valence electrons. The summed E-state index contributed by atoms with van der Waals surface area (Å²) in [5.41, 5.74) is 2.09. The number of hydrogen-bond donors (Lipinski definition) is 1. The van der Waals surface area contributed by atoms with Gasteiger partial charge in [-0.15, -0.1) is 10.2 Å². The van der Waals surface area contributed by atoms with Crippen LogP contribution in [0.4, 0.5) is 5.69 Å². The number of rotatable bonds is 8. The Balaban J connectivity index is 1.82. The second-order valence-electron chi connectivity index (χ2n) is 5.16. The van der Waals surface area contributed by atoms with E-state index in [0.717, 1.165) is 12.1 Å². The lowest BCUT2D eigenvalue weighted by Crippen LogP contribution is -2.14. The number of benzene rings is 1. The van der Waals surface area contributed by atoms with Crippen LogP contribution in [0.15, 0.2) is 33.9 Å². The first-order chi connectivity index (χ1) is 11.1. The van der Waals surface area contributed by atoms with Gasteiger partial charge < -0.3 is 9.73 Å². The summed E-state index contributed by atoms with van der Waals surface area (Å²) in [6.07, 6.45) is 3.07. The Kier molecular flexibility index (Phi) is 6.98. The summed E-state index contributed by atoms with van der Waals surface area (Å²) in [6.45, 7) is 4.36. The van der Waals surface area contributed by atoms with E-state index in [-0.39, 0.29) is 11.7 Å². The standard InChI is InChI=1S/C16H21N3O2S2/c1-4-11(2)12-5-7-13(8-6-12)17-14(20)9-23-16-19-18-15(21-16)10-22-3/h5-8,11H,4,9-10H2,1-3H3,(H,17,20). The predicted octanol–water partition coefficient (Wildman–Crippen LogP) is 4.18. The first-order valence-electron chi connectivity index (χ1n) is 7.46. The maximum absolute atomic E-state index is 12.0. The molecule has 1 N–H and O–H groups in total.